The van der Waals surface area contributed by atoms with E-state index < -0.39 is 11.9 Å². The lowest BCUT2D eigenvalue weighted by Gasteiger charge is -2.10. The molecule has 0 fully saturated rings. The Hall–Kier alpha value is -5.10. The Labute approximate surface area is 258 Å². The number of rotatable bonds is 14. The van der Waals surface area contributed by atoms with E-state index >= 15 is 0 Å². The summed E-state index contributed by atoms with van der Waals surface area (Å²) in [4.78, 5) is 22.3. The summed E-state index contributed by atoms with van der Waals surface area (Å²) in [6.45, 7) is 8.76. The van der Waals surface area contributed by atoms with E-state index in [0.29, 0.717) is 17.4 Å². The van der Waals surface area contributed by atoms with Crippen molar-refractivity contribution in [2.75, 3.05) is 13.6 Å². The van der Waals surface area contributed by atoms with Crippen molar-refractivity contribution >= 4 is 11.9 Å². The molecule has 6 heteroatoms. The fourth-order valence-corrected chi connectivity index (χ4v) is 5.42. The van der Waals surface area contributed by atoms with Crippen LogP contribution in [0.4, 0.5) is 0 Å². The Balaban J connectivity index is 1.14. The van der Waals surface area contributed by atoms with Crippen molar-refractivity contribution in [1.29, 1.82) is 0 Å². The maximum atomic E-state index is 11.1. The molecule has 5 rings (SSSR count). The van der Waals surface area contributed by atoms with Crippen molar-refractivity contribution in [2.24, 2.45) is 0 Å². The normalized spacial score (nSPS) is 11.7. The molecule has 0 unspecified atom stereocenters. The maximum absolute atomic E-state index is 11.1. The second-order valence-corrected chi connectivity index (χ2v) is 10.7. The average molecular weight is 589 g/mol. The molecular weight excluding hydrogens is 552 g/mol. The molecule has 0 saturated heterocycles. The lowest BCUT2D eigenvalue weighted by atomic mass is 9.94. The van der Waals surface area contributed by atoms with Crippen LogP contribution in [0.15, 0.2) is 110 Å². The molecule has 0 saturated carbocycles. The molecule has 0 radical (unpaired) electrons. The summed E-state index contributed by atoms with van der Waals surface area (Å²) >= 11 is 0. The molecule has 0 atom stereocenters. The Bertz CT molecular complexity index is 1510. The second kappa shape index (κ2) is 14.4. The highest BCUT2D eigenvalue weighted by atomic mass is 16.7. The van der Waals surface area contributed by atoms with Crippen LogP contribution in [-0.2, 0) is 44.7 Å². The number of fused-ring (bicyclic) bond motifs is 3. The Kier molecular flexibility index (Phi) is 9.92. The number of aryl methyl sites for hydroxylation is 4. The smallest absolute Gasteiger partial charge is 0.333 e. The van der Waals surface area contributed by atoms with Crippen LogP contribution in [0.3, 0.4) is 0 Å². The summed E-state index contributed by atoms with van der Waals surface area (Å²) in [5.41, 5.74) is 10.5. The molecule has 224 valence electrons. The molecule has 0 aliphatic heterocycles. The number of hydrogen-bond donors (Lipinski definition) is 0. The van der Waals surface area contributed by atoms with Gasteiger partial charge in [-0.2, -0.15) is 0 Å². The monoisotopic (exact) mass is 588 g/mol. The van der Waals surface area contributed by atoms with E-state index in [0.717, 1.165) is 37.8 Å². The standard InChI is InChI=1S/C38H36O6/c1-4-37(39)43-24-41-31-16-10-27(11-17-31)6-8-29-14-20-33-34-21-15-30(23-36(34)26(3)35(33)22-29)9-7-28-12-18-32(19-13-28)42-25-44-38(40)5-2/h4-5,10-23,26H,1-2,6-9,24-25H2,3H3. The van der Waals surface area contributed by atoms with Gasteiger partial charge in [0, 0.05) is 18.1 Å². The highest BCUT2D eigenvalue weighted by Crippen LogP contribution is 2.45. The van der Waals surface area contributed by atoms with Gasteiger partial charge in [-0.05, 0) is 94.5 Å². The van der Waals surface area contributed by atoms with Gasteiger partial charge in [-0.15, -0.1) is 0 Å². The first-order valence-electron chi connectivity index (χ1n) is 14.7. The summed E-state index contributed by atoms with van der Waals surface area (Å²) in [6, 6.07) is 29.5. The van der Waals surface area contributed by atoms with Crippen molar-refractivity contribution in [3.8, 4) is 22.6 Å². The van der Waals surface area contributed by atoms with E-state index in [1.165, 1.54) is 44.5 Å². The number of carbonyl (C=O) groups is 2. The van der Waals surface area contributed by atoms with Crippen LogP contribution in [-0.4, -0.2) is 25.5 Å². The third kappa shape index (κ3) is 7.64. The SMILES string of the molecule is C=CC(=O)OCOc1ccc(CCc2ccc3c(c2)C(C)c2cc(CCc4ccc(OCOC(=O)C=C)cc4)ccc2-3)cc1. The van der Waals surface area contributed by atoms with Gasteiger partial charge in [0.15, 0.2) is 0 Å². The Morgan fingerprint density at radius 2 is 0.955 bits per heavy atom. The van der Waals surface area contributed by atoms with Gasteiger partial charge >= 0.3 is 11.9 Å². The molecule has 0 heterocycles. The van der Waals surface area contributed by atoms with Crippen LogP contribution >= 0.6 is 0 Å². The molecule has 1 aliphatic carbocycles. The lowest BCUT2D eigenvalue weighted by molar-refractivity contribution is -0.145. The van der Waals surface area contributed by atoms with Gasteiger partial charge in [-0.1, -0.05) is 80.7 Å². The van der Waals surface area contributed by atoms with Gasteiger partial charge < -0.3 is 18.9 Å². The van der Waals surface area contributed by atoms with Gasteiger partial charge in [0.05, 0.1) is 0 Å². The topological polar surface area (TPSA) is 71.1 Å². The van der Waals surface area contributed by atoms with E-state index in [-0.39, 0.29) is 13.6 Å². The van der Waals surface area contributed by atoms with Crippen molar-refractivity contribution < 1.29 is 28.5 Å². The molecule has 4 aromatic rings. The molecule has 44 heavy (non-hydrogen) atoms. The zero-order chi connectivity index (χ0) is 30.9. The van der Waals surface area contributed by atoms with Crippen LogP contribution in [0.5, 0.6) is 11.5 Å². The van der Waals surface area contributed by atoms with Crippen LogP contribution in [0.2, 0.25) is 0 Å². The first kappa shape index (κ1) is 30.4. The minimum Gasteiger partial charge on any atom is -0.457 e. The quantitative estimate of drug-likeness (QED) is 0.0862. The first-order chi connectivity index (χ1) is 21.4. The van der Waals surface area contributed by atoms with Gasteiger partial charge in [0.25, 0.3) is 0 Å². The fraction of sp³-hybridized carbons (Fsp3) is 0.211. The molecular formula is C38H36O6. The number of carbonyl (C=O) groups excluding carboxylic acids is 2. The molecule has 0 aromatic heterocycles. The van der Waals surface area contributed by atoms with Crippen LogP contribution in [0.1, 0.15) is 46.2 Å². The minimum atomic E-state index is -0.507. The van der Waals surface area contributed by atoms with Crippen molar-refractivity contribution in [2.45, 2.75) is 38.5 Å². The van der Waals surface area contributed by atoms with E-state index in [9.17, 15) is 9.59 Å². The van der Waals surface area contributed by atoms with E-state index in [1.54, 1.807) is 0 Å². The van der Waals surface area contributed by atoms with Crippen molar-refractivity contribution in [1.82, 2.24) is 0 Å². The fourth-order valence-electron chi connectivity index (χ4n) is 5.42. The molecule has 4 aromatic carbocycles. The van der Waals surface area contributed by atoms with E-state index in [1.807, 2.05) is 48.5 Å². The summed E-state index contributed by atoms with van der Waals surface area (Å²) in [5, 5.41) is 0. The molecule has 0 N–H and O–H groups in total. The summed E-state index contributed by atoms with van der Waals surface area (Å²) in [5.74, 6) is 0.640. The zero-order valence-corrected chi connectivity index (χ0v) is 24.9. The lowest BCUT2D eigenvalue weighted by Crippen LogP contribution is -2.07. The Morgan fingerprint density at radius 1 is 0.591 bits per heavy atom. The molecule has 0 bridgehead atoms. The average Bonchev–Trinajstić information content (AvgIpc) is 3.33. The van der Waals surface area contributed by atoms with Crippen molar-refractivity contribution in [3.05, 3.63) is 144 Å². The number of ether oxygens (including phenoxy) is 4. The number of esters is 2. The summed E-state index contributed by atoms with van der Waals surface area (Å²) < 4.78 is 20.6. The van der Waals surface area contributed by atoms with Crippen LogP contribution in [0.25, 0.3) is 11.1 Å². The summed E-state index contributed by atoms with van der Waals surface area (Å²) in [6.07, 6.45) is 5.96. The molecule has 1 aliphatic rings. The second-order valence-electron chi connectivity index (χ2n) is 10.7. The number of hydrogen-bond acceptors (Lipinski definition) is 6. The van der Waals surface area contributed by atoms with Crippen LogP contribution < -0.4 is 9.47 Å². The highest BCUT2D eigenvalue weighted by Gasteiger charge is 2.25. The maximum Gasteiger partial charge on any atom is 0.333 e. The summed E-state index contributed by atoms with van der Waals surface area (Å²) in [7, 11) is 0. The predicted molar refractivity (Wildman–Crippen MR) is 171 cm³/mol. The first-order valence-corrected chi connectivity index (χ1v) is 14.7. The molecule has 6 nitrogen and oxygen atoms in total. The molecule has 0 spiro atoms. The van der Waals surface area contributed by atoms with Gasteiger partial charge in [0.1, 0.15) is 11.5 Å². The third-order valence-corrected chi connectivity index (χ3v) is 7.89. The largest absolute Gasteiger partial charge is 0.457 e. The predicted octanol–water partition coefficient (Wildman–Crippen LogP) is 7.52. The molecule has 0 amide bonds. The van der Waals surface area contributed by atoms with Gasteiger partial charge in [-0.3, -0.25) is 0 Å². The van der Waals surface area contributed by atoms with E-state index in [2.05, 4.69) is 56.5 Å². The van der Waals surface area contributed by atoms with E-state index in [4.69, 9.17) is 18.9 Å². The van der Waals surface area contributed by atoms with Gasteiger partial charge in [0.2, 0.25) is 13.6 Å². The highest BCUT2D eigenvalue weighted by molar-refractivity contribution is 5.81. The van der Waals surface area contributed by atoms with Crippen molar-refractivity contribution in [3.63, 3.8) is 0 Å². The van der Waals surface area contributed by atoms with Crippen LogP contribution in [0, 0.1) is 0 Å². The van der Waals surface area contributed by atoms with Gasteiger partial charge in [-0.25, -0.2) is 9.59 Å². The Morgan fingerprint density at radius 3 is 1.34 bits per heavy atom. The minimum absolute atomic E-state index is 0.135. The number of benzene rings is 4. The zero-order valence-electron chi connectivity index (χ0n) is 24.9. The third-order valence-electron chi connectivity index (χ3n) is 7.89.